The summed E-state index contributed by atoms with van der Waals surface area (Å²) >= 11 is 0. The Balaban J connectivity index is 1.94. The first-order valence-corrected chi connectivity index (χ1v) is 7.23. The summed E-state index contributed by atoms with van der Waals surface area (Å²) in [6.45, 7) is 5.01. The van der Waals surface area contributed by atoms with E-state index in [-0.39, 0.29) is 5.82 Å². The van der Waals surface area contributed by atoms with Crippen molar-refractivity contribution in [3.63, 3.8) is 0 Å². The van der Waals surface area contributed by atoms with Gasteiger partial charge in [0.2, 0.25) is 0 Å². The molecule has 0 spiro atoms. The highest BCUT2D eigenvalue weighted by Gasteiger charge is 2.20. The lowest BCUT2D eigenvalue weighted by Crippen LogP contribution is -2.15. The van der Waals surface area contributed by atoms with Crippen LogP contribution in [0.15, 0.2) is 36.4 Å². The largest absolute Gasteiger partial charge is 0.310 e. The van der Waals surface area contributed by atoms with E-state index in [9.17, 15) is 4.39 Å². The van der Waals surface area contributed by atoms with Gasteiger partial charge in [0.05, 0.1) is 0 Å². The molecule has 2 aromatic carbocycles. The van der Waals surface area contributed by atoms with E-state index in [1.807, 2.05) is 13.0 Å². The van der Waals surface area contributed by atoms with Crippen LogP contribution in [0, 0.1) is 19.7 Å². The fraction of sp³-hybridized carbons (Fsp3) is 0.333. The van der Waals surface area contributed by atoms with Crippen LogP contribution in [-0.4, -0.2) is 6.04 Å². The second kappa shape index (κ2) is 5.37. The van der Waals surface area contributed by atoms with E-state index in [1.54, 1.807) is 6.07 Å². The minimum absolute atomic E-state index is 0.175. The van der Waals surface area contributed by atoms with Gasteiger partial charge < -0.3 is 5.32 Å². The Morgan fingerprint density at radius 3 is 2.35 bits per heavy atom. The van der Waals surface area contributed by atoms with E-state index in [0.29, 0.717) is 6.04 Å². The molecule has 1 nitrogen and oxygen atoms in total. The molecule has 0 unspecified atom stereocenters. The Morgan fingerprint density at radius 2 is 1.65 bits per heavy atom. The van der Waals surface area contributed by atoms with Crippen molar-refractivity contribution in [2.75, 3.05) is 0 Å². The second-order valence-corrected chi connectivity index (χ2v) is 5.76. The summed E-state index contributed by atoms with van der Waals surface area (Å²) in [4.78, 5) is 0. The third-order valence-corrected chi connectivity index (χ3v) is 3.96. The summed E-state index contributed by atoms with van der Waals surface area (Å²) in [7, 11) is 0. The van der Waals surface area contributed by atoms with E-state index in [2.05, 4.69) is 30.4 Å². The zero-order chi connectivity index (χ0) is 14.1. The molecule has 104 valence electrons. The number of benzene rings is 2. The molecule has 0 atom stereocenters. The lowest BCUT2D eigenvalue weighted by molar-refractivity contribution is 0.628. The monoisotopic (exact) mass is 269 g/mol. The lowest BCUT2D eigenvalue weighted by Gasteiger charge is -2.12. The van der Waals surface area contributed by atoms with Crippen LogP contribution in [-0.2, 0) is 6.54 Å². The molecule has 2 heteroatoms. The Kier molecular flexibility index (Phi) is 3.58. The molecule has 0 aliphatic heterocycles. The maximum atomic E-state index is 13.5. The summed E-state index contributed by atoms with van der Waals surface area (Å²) in [6, 6.07) is 12.2. The molecule has 1 aliphatic rings. The second-order valence-electron chi connectivity index (χ2n) is 5.76. The molecular formula is C18H20FN. The molecule has 0 radical (unpaired) electrons. The summed E-state index contributed by atoms with van der Waals surface area (Å²) in [5.41, 5.74) is 5.70. The predicted octanol–water partition coefficient (Wildman–Crippen LogP) is 4.36. The van der Waals surface area contributed by atoms with Gasteiger partial charge in [-0.1, -0.05) is 18.2 Å². The van der Waals surface area contributed by atoms with Gasteiger partial charge >= 0.3 is 0 Å². The molecular weight excluding hydrogens is 249 g/mol. The van der Waals surface area contributed by atoms with Gasteiger partial charge in [-0.2, -0.15) is 0 Å². The predicted molar refractivity (Wildman–Crippen MR) is 81.2 cm³/mol. The van der Waals surface area contributed by atoms with Gasteiger partial charge in [0.1, 0.15) is 5.82 Å². The fourth-order valence-corrected chi connectivity index (χ4v) is 2.50. The lowest BCUT2D eigenvalue weighted by atomic mass is 9.95. The van der Waals surface area contributed by atoms with Gasteiger partial charge in [0.25, 0.3) is 0 Å². The van der Waals surface area contributed by atoms with Crippen molar-refractivity contribution in [1.29, 1.82) is 0 Å². The number of nitrogens with one attached hydrogen (secondary N) is 1. The first kappa shape index (κ1) is 13.3. The van der Waals surface area contributed by atoms with E-state index in [0.717, 1.165) is 23.2 Å². The first-order valence-electron chi connectivity index (χ1n) is 7.23. The van der Waals surface area contributed by atoms with Crippen LogP contribution in [0.2, 0.25) is 0 Å². The minimum atomic E-state index is -0.175. The molecule has 2 aromatic rings. The van der Waals surface area contributed by atoms with Crippen LogP contribution in [0.25, 0.3) is 11.1 Å². The summed E-state index contributed by atoms with van der Waals surface area (Å²) < 4.78 is 13.5. The van der Waals surface area contributed by atoms with Crippen molar-refractivity contribution in [2.45, 2.75) is 39.3 Å². The van der Waals surface area contributed by atoms with Crippen LogP contribution in [0.5, 0.6) is 0 Å². The van der Waals surface area contributed by atoms with Crippen LogP contribution in [0.3, 0.4) is 0 Å². The third-order valence-electron chi connectivity index (χ3n) is 3.96. The number of hydrogen-bond donors (Lipinski definition) is 1. The molecule has 1 N–H and O–H groups in total. The fourth-order valence-electron chi connectivity index (χ4n) is 2.50. The minimum Gasteiger partial charge on any atom is -0.310 e. The van der Waals surface area contributed by atoms with Crippen LogP contribution < -0.4 is 5.32 Å². The van der Waals surface area contributed by atoms with Crippen molar-refractivity contribution < 1.29 is 4.39 Å². The molecule has 1 aliphatic carbocycles. The van der Waals surface area contributed by atoms with Crippen LogP contribution in [0.4, 0.5) is 4.39 Å². The maximum absolute atomic E-state index is 13.5. The highest BCUT2D eigenvalue weighted by Crippen LogP contribution is 2.28. The molecule has 20 heavy (non-hydrogen) atoms. The summed E-state index contributed by atoms with van der Waals surface area (Å²) in [5, 5.41) is 3.52. The van der Waals surface area contributed by atoms with Gasteiger partial charge in [0.15, 0.2) is 0 Å². The van der Waals surface area contributed by atoms with Gasteiger partial charge in [-0.3, -0.25) is 0 Å². The van der Waals surface area contributed by atoms with E-state index in [1.165, 1.54) is 30.0 Å². The van der Waals surface area contributed by atoms with E-state index < -0.39 is 0 Å². The van der Waals surface area contributed by atoms with Crippen molar-refractivity contribution in [3.8, 4) is 11.1 Å². The Labute approximate surface area is 119 Å². The highest BCUT2D eigenvalue weighted by atomic mass is 19.1. The highest BCUT2D eigenvalue weighted by molar-refractivity contribution is 5.71. The average molecular weight is 269 g/mol. The first-order chi connectivity index (χ1) is 9.63. The number of aryl methyl sites for hydroxylation is 2. The van der Waals surface area contributed by atoms with Gasteiger partial charge in [0, 0.05) is 12.6 Å². The Hall–Kier alpha value is -1.67. The standard InChI is InChI=1S/C18H20FN/c1-12-3-5-14(11-20-16-7-8-16)9-17(12)18-10-15(19)6-4-13(18)2/h3-6,9-10,16,20H,7-8,11H2,1-2H3. The molecule has 1 saturated carbocycles. The van der Waals surface area contributed by atoms with E-state index in [4.69, 9.17) is 0 Å². The quantitative estimate of drug-likeness (QED) is 0.869. The zero-order valence-electron chi connectivity index (χ0n) is 12.0. The van der Waals surface area contributed by atoms with Gasteiger partial charge in [-0.05, 0) is 72.7 Å². The van der Waals surface area contributed by atoms with Crippen LogP contribution >= 0.6 is 0 Å². The summed E-state index contributed by atoms with van der Waals surface area (Å²) in [5.74, 6) is -0.175. The SMILES string of the molecule is Cc1ccc(F)cc1-c1cc(CNC2CC2)ccc1C. The number of rotatable bonds is 4. The Bertz CT molecular complexity index is 629. The molecule has 0 aromatic heterocycles. The van der Waals surface area contributed by atoms with E-state index >= 15 is 0 Å². The third kappa shape index (κ3) is 2.91. The van der Waals surface area contributed by atoms with Crippen LogP contribution in [0.1, 0.15) is 29.5 Å². The average Bonchev–Trinajstić information content (AvgIpc) is 3.25. The Morgan fingerprint density at radius 1 is 1.00 bits per heavy atom. The van der Waals surface area contributed by atoms with Crippen molar-refractivity contribution >= 4 is 0 Å². The molecule has 0 saturated heterocycles. The number of halogens is 1. The molecule has 0 amide bonds. The topological polar surface area (TPSA) is 12.0 Å². The summed E-state index contributed by atoms with van der Waals surface area (Å²) in [6.07, 6.45) is 2.59. The maximum Gasteiger partial charge on any atom is 0.123 e. The molecule has 0 heterocycles. The smallest absolute Gasteiger partial charge is 0.123 e. The van der Waals surface area contributed by atoms with Crippen molar-refractivity contribution in [1.82, 2.24) is 5.32 Å². The van der Waals surface area contributed by atoms with Crippen molar-refractivity contribution in [2.24, 2.45) is 0 Å². The van der Waals surface area contributed by atoms with Gasteiger partial charge in [-0.15, -0.1) is 0 Å². The molecule has 0 bridgehead atoms. The normalized spacial score (nSPS) is 14.6. The number of hydrogen-bond acceptors (Lipinski definition) is 1. The van der Waals surface area contributed by atoms with Crippen molar-refractivity contribution in [3.05, 3.63) is 58.9 Å². The van der Waals surface area contributed by atoms with Gasteiger partial charge in [-0.25, -0.2) is 4.39 Å². The molecule has 3 rings (SSSR count). The zero-order valence-corrected chi connectivity index (χ0v) is 12.0. The molecule has 1 fully saturated rings.